The molecule has 19 heavy (non-hydrogen) atoms. The summed E-state index contributed by atoms with van der Waals surface area (Å²) in [5, 5.41) is 3.10. The van der Waals surface area contributed by atoms with E-state index in [9.17, 15) is 4.39 Å². The molecular formula is C13H12FN5. The van der Waals surface area contributed by atoms with E-state index in [1.54, 1.807) is 18.5 Å². The second kappa shape index (κ2) is 4.64. The molecule has 0 aliphatic carbocycles. The third-order valence-electron chi connectivity index (χ3n) is 2.86. The van der Waals surface area contributed by atoms with E-state index in [0.29, 0.717) is 17.9 Å². The predicted octanol–water partition coefficient (Wildman–Crippen LogP) is 2.41. The van der Waals surface area contributed by atoms with Crippen LogP contribution in [-0.2, 0) is 6.54 Å². The summed E-state index contributed by atoms with van der Waals surface area (Å²) in [7, 11) is 0. The van der Waals surface area contributed by atoms with E-state index in [4.69, 9.17) is 0 Å². The zero-order chi connectivity index (χ0) is 13.2. The molecule has 3 aromatic heterocycles. The Bertz CT molecular complexity index is 722. The molecule has 0 spiro atoms. The molecule has 0 fully saturated rings. The zero-order valence-electron chi connectivity index (χ0n) is 10.3. The smallest absolute Gasteiger partial charge is 0.156 e. The first kappa shape index (κ1) is 11.6. The van der Waals surface area contributed by atoms with Gasteiger partial charge in [-0.15, -0.1) is 0 Å². The number of nitrogens with one attached hydrogen (secondary N) is 2. The molecule has 6 heteroatoms. The summed E-state index contributed by atoms with van der Waals surface area (Å²) >= 11 is 0. The summed E-state index contributed by atoms with van der Waals surface area (Å²) in [6.07, 6.45) is 4.55. The van der Waals surface area contributed by atoms with E-state index in [-0.39, 0.29) is 5.82 Å². The minimum absolute atomic E-state index is 0.330. The van der Waals surface area contributed by atoms with E-state index < -0.39 is 0 Å². The number of pyridine rings is 1. The van der Waals surface area contributed by atoms with Gasteiger partial charge in [0.15, 0.2) is 5.65 Å². The molecule has 0 aliphatic rings. The highest BCUT2D eigenvalue weighted by Crippen LogP contribution is 2.16. The lowest BCUT2D eigenvalue weighted by Gasteiger charge is -2.08. The van der Waals surface area contributed by atoms with Crippen molar-refractivity contribution in [1.82, 2.24) is 19.9 Å². The van der Waals surface area contributed by atoms with Gasteiger partial charge >= 0.3 is 0 Å². The molecule has 0 bridgehead atoms. The Balaban J connectivity index is 1.85. The van der Waals surface area contributed by atoms with Crippen molar-refractivity contribution in [3.63, 3.8) is 0 Å². The number of aryl methyl sites for hydroxylation is 1. The molecule has 0 atom stereocenters. The van der Waals surface area contributed by atoms with Gasteiger partial charge in [-0.3, -0.25) is 4.98 Å². The van der Waals surface area contributed by atoms with E-state index in [1.165, 1.54) is 6.20 Å². The minimum Gasteiger partial charge on any atom is -0.364 e. The highest BCUT2D eigenvalue weighted by molar-refractivity contribution is 5.72. The Hall–Kier alpha value is -2.50. The minimum atomic E-state index is -0.330. The average molecular weight is 257 g/mol. The van der Waals surface area contributed by atoms with Crippen molar-refractivity contribution in [1.29, 1.82) is 0 Å². The monoisotopic (exact) mass is 257 g/mol. The van der Waals surface area contributed by atoms with Crippen molar-refractivity contribution in [2.24, 2.45) is 0 Å². The fraction of sp³-hybridized carbons (Fsp3) is 0.154. The third-order valence-corrected chi connectivity index (χ3v) is 2.86. The Morgan fingerprint density at radius 3 is 3.05 bits per heavy atom. The highest BCUT2D eigenvalue weighted by atomic mass is 19.1. The summed E-state index contributed by atoms with van der Waals surface area (Å²) in [5.41, 5.74) is 2.84. The second-order valence-corrected chi connectivity index (χ2v) is 4.19. The molecule has 0 saturated heterocycles. The SMILES string of the molecule is Cc1nc2[nH]ccc2nc1NCc1ccncc1F. The number of aromatic nitrogens is 4. The van der Waals surface area contributed by atoms with Crippen LogP contribution in [0.5, 0.6) is 0 Å². The molecule has 0 aliphatic heterocycles. The number of aromatic amines is 1. The number of fused-ring (bicyclic) bond motifs is 1. The normalized spacial score (nSPS) is 10.8. The van der Waals surface area contributed by atoms with Gasteiger partial charge in [0, 0.05) is 24.5 Å². The molecule has 3 rings (SSSR count). The van der Waals surface area contributed by atoms with Crippen LogP contribution in [0.4, 0.5) is 10.2 Å². The number of nitrogens with zero attached hydrogens (tertiary/aromatic N) is 3. The Labute approximate surface area is 108 Å². The molecule has 3 aromatic rings. The van der Waals surface area contributed by atoms with Gasteiger partial charge in [0.2, 0.25) is 0 Å². The van der Waals surface area contributed by atoms with Gasteiger partial charge in [0.25, 0.3) is 0 Å². The largest absolute Gasteiger partial charge is 0.364 e. The quantitative estimate of drug-likeness (QED) is 0.756. The van der Waals surface area contributed by atoms with Crippen molar-refractivity contribution in [3.05, 3.63) is 47.8 Å². The van der Waals surface area contributed by atoms with E-state index >= 15 is 0 Å². The van der Waals surface area contributed by atoms with Crippen LogP contribution in [0.3, 0.4) is 0 Å². The van der Waals surface area contributed by atoms with Gasteiger partial charge in [-0.25, -0.2) is 14.4 Å². The van der Waals surface area contributed by atoms with Gasteiger partial charge < -0.3 is 10.3 Å². The fourth-order valence-corrected chi connectivity index (χ4v) is 1.85. The number of H-pyrrole nitrogens is 1. The van der Waals surface area contributed by atoms with Crippen molar-refractivity contribution >= 4 is 17.0 Å². The maximum atomic E-state index is 13.5. The van der Waals surface area contributed by atoms with E-state index in [1.807, 2.05) is 13.0 Å². The lowest BCUT2D eigenvalue weighted by atomic mass is 10.2. The molecule has 0 radical (unpaired) electrons. The topological polar surface area (TPSA) is 66.5 Å². The van der Waals surface area contributed by atoms with Crippen molar-refractivity contribution in [2.75, 3.05) is 5.32 Å². The van der Waals surface area contributed by atoms with Crippen LogP contribution in [0.15, 0.2) is 30.7 Å². The van der Waals surface area contributed by atoms with Crippen LogP contribution in [0, 0.1) is 12.7 Å². The Morgan fingerprint density at radius 1 is 1.32 bits per heavy atom. The molecule has 0 unspecified atom stereocenters. The Kier molecular flexibility index (Phi) is 2.83. The predicted molar refractivity (Wildman–Crippen MR) is 70.1 cm³/mol. The van der Waals surface area contributed by atoms with Gasteiger partial charge in [0.05, 0.1) is 11.9 Å². The second-order valence-electron chi connectivity index (χ2n) is 4.19. The van der Waals surface area contributed by atoms with Crippen molar-refractivity contribution in [3.8, 4) is 0 Å². The van der Waals surface area contributed by atoms with E-state index in [2.05, 4.69) is 25.3 Å². The fourth-order valence-electron chi connectivity index (χ4n) is 1.85. The van der Waals surface area contributed by atoms with Crippen LogP contribution in [0.1, 0.15) is 11.3 Å². The van der Waals surface area contributed by atoms with Gasteiger partial charge in [-0.1, -0.05) is 0 Å². The molecule has 0 saturated carbocycles. The molecule has 0 amide bonds. The van der Waals surface area contributed by atoms with Crippen LogP contribution in [-0.4, -0.2) is 19.9 Å². The summed E-state index contributed by atoms with van der Waals surface area (Å²) in [6.45, 7) is 2.21. The molecule has 0 aromatic carbocycles. The highest BCUT2D eigenvalue weighted by Gasteiger charge is 2.07. The zero-order valence-corrected chi connectivity index (χ0v) is 10.3. The molecule has 3 heterocycles. The van der Waals surface area contributed by atoms with E-state index in [0.717, 1.165) is 16.9 Å². The van der Waals surface area contributed by atoms with Crippen LogP contribution >= 0.6 is 0 Å². The number of rotatable bonds is 3. The lowest BCUT2D eigenvalue weighted by Crippen LogP contribution is -2.06. The number of anilines is 1. The molecular weight excluding hydrogens is 245 g/mol. The summed E-state index contributed by atoms with van der Waals surface area (Å²) < 4.78 is 13.5. The average Bonchev–Trinajstić information content (AvgIpc) is 2.84. The standard InChI is InChI=1S/C13H12FN5/c1-8-12(19-11-3-5-16-13(11)18-8)17-6-9-2-4-15-7-10(9)14/h2-5,7H,6H2,1H3,(H,16,18)(H,17,19). The van der Waals surface area contributed by atoms with Gasteiger partial charge in [-0.05, 0) is 19.1 Å². The molecule has 96 valence electrons. The first-order valence-corrected chi connectivity index (χ1v) is 5.88. The summed E-state index contributed by atoms with van der Waals surface area (Å²) in [4.78, 5) is 15.5. The lowest BCUT2D eigenvalue weighted by molar-refractivity contribution is 0.606. The van der Waals surface area contributed by atoms with Gasteiger partial charge in [0.1, 0.15) is 17.2 Å². The number of halogens is 1. The van der Waals surface area contributed by atoms with Crippen molar-refractivity contribution < 1.29 is 4.39 Å². The maximum absolute atomic E-state index is 13.5. The first-order chi connectivity index (χ1) is 9.24. The maximum Gasteiger partial charge on any atom is 0.156 e. The number of hydrogen-bond acceptors (Lipinski definition) is 4. The third kappa shape index (κ3) is 2.24. The van der Waals surface area contributed by atoms with Gasteiger partial charge in [-0.2, -0.15) is 0 Å². The first-order valence-electron chi connectivity index (χ1n) is 5.88. The number of hydrogen-bond donors (Lipinski definition) is 2. The van der Waals surface area contributed by atoms with Crippen LogP contribution in [0.25, 0.3) is 11.2 Å². The summed E-state index contributed by atoms with van der Waals surface area (Å²) in [6, 6.07) is 3.49. The molecule has 2 N–H and O–H groups in total. The summed E-state index contributed by atoms with van der Waals surface area (Å²) in [5.74, 6) is 0.326. The van der Waals surface area contributed by atoms with Crippen LogP contribution < -0.4 is 5.32 Å². The van der Waals surface area contributed by atoms with Crippen LogP contribution in [0.2, 0.25) is 0 Å². The Morgan fingerprint density at radius 2 is 2.21 bits per heavy atom. The molecule has 5 nitrogen and oxygen atoms in total. The van der Waals surface area contributed by atoms with Crippen molar-refractivity contribution in [2.45, 2.75) is 13.5 Å².